The van der Waals surface area contributed by atoms with Crippen LogP contribution in [0.2, 0.25) is 0 Å². The molecule has 35 heavy (non-hydrogen) atoms. The number of nitrogens with one attached hydrogen (secondary N) is 2. The third kappa shape index (κ3) is 4.53. The highest BCUT2D eigenvalue weighted by Gasteiger charge is 2.16. The van der Waals surface area contributed by atoms with E-state index < -0.39 is 0 Å². The second-order valence-electron chi connectivity index (χ2n) is 8.40. The predicted molar refractivity (Wildman–Crippen MR) is 140 cm³/mol. The number of amides is 1. The van der Waals surface area contributed by atoms with E-state index >= 15 is 0 Å². The molecule has 0 aliphatic carbocycles. The Morgan fingerprint density at radius 2 is 1.74 bits per heavy atom. The highest BCUT2D eigenvalue weighted by molar-refractivity contribution is 6.04. The normalized spacial score (nSPS) is 11.1. The first kappa shape index (κ1) is 22.4. The van der Waals surface area contributed by atoms with Gasteiger partial charge in [-0.25, -0.2) is 4.98 Å². The number of nitrogens with zero attached hydrogens (tertiary/aromatic N) is 3. The van der Waals surface area contributed by atoms with Crippen LogP contribution in [0.5, 0.6) is 0 Å². The average molecular weight is 466 g/mol. The van der Waals surface area contributed by atoms with Gasteiger partial charge >= 0.3 is 0 Å². The second-order valence-corrected chi connectivity index (χ2v) is 8.40. The maximum atomic E-state index is 12.7. The zero-order valence-corrected chi connectivity index (χ0v) is 20.0. The van der Waals surface area contributed by atoms with Gasteiger partial charge in [-0.1, -0.05) is 18.2 Å². The van der Waals surface area contributed by atoms with Crippen molar-refractivity contribution in [3.05, 3.63) is 84.1 Å². The van der Waals surface area contributed by atoms with Gasteiger partial charge in [0.15, 0.2) is 5.58 Å². The van der Waals surface area contributed by atoms with E-state index in [2.05, 4.69) is 39.2 Å². The summed E-state index contributed by atoms with van der Waals surface area (Å²) in [5.41, 5.74) is 7.62. The number of hydrogen-bond acceptors (Lipinski definition) is 5. The summed E-state index contributed by atoms with van der Waals surface area (Å²) < 4.78 is 5.96. The van der Waals surface area contributed by atoms with Gasteiger partial charge in [-0.05, 0) is 74.9 Å². The maximum Gasteiger partial charge on any atom is 0.255 e. The third-order valence-electron chi connectivity index (χ3n) is 6.10. The number of aromatic amines is 1. The lowest BCUT2D eigenvalue weighted by Crippen LogP contribution is -2.21. The number of hydrogen-bond donors (Lipinski definition) is 2. The number of fused-ring (bicyclic) bond motifs is 1. The predicted octanol–water partition coefficient (Wildman–Crippen LogP) is 6.29. The van der Waals surface area contributed by atoms with Crippen molar-refractivity contribution in [1.82, 2.24) is 15.2 Å². The van der Waals surface area contributed by atoms with Gasteiger partial charge in [0.2, 0.25) is 5.89 Å². The fourth-order valence-corrected chi connectivity index (χ4v) is 4.16. The largest absolute Gasteiger partial charge is 0.436 e. The molecule has 2 aromatic heterocycles. The molecule has 7 heteroatoms. The summed E-state index contributed by atoms with van der Waals surface area (Å²) in [4.78, 5) is 19.6. The Labute approximate surface area is 203 Å². The molecule has 0 aliphatic rings. The van der Waals surface area contributed by atoms with Crippen LogP contribution < -0.4 is 10.2 Å². The van der Waals surface area contributed by atoms with Gasteiger partial charge in [0.05, 0.1) is 17.5 Å². The van der Waals surface area contributed by atoms with E-state index in [1.807, 2.05) is 73.7 Å². The van der Waals surface area contributed by atoms with Crippen molar-refractivity contribution in [2.45, 2.75) is 20.8 Å². The first-order chi connectivity index (χ1) is 17.1. The molecule has 176 valence electrons. The topological polar surface area (TPSA) is 87.0 Å². The Morgan fingerprint density at radius 1 is 1.00 bits per heavy atom. The number of H-pyrrole nitrogens is 1. The van der Waals surface area contributed by atoms with Crippen molar-refractivity contribution in [2.24, 2.45) is 0 Å². The Morgan fingerprint density at radius 3 is 2.46 bits per heavy atom. The Hall–Kier alpha value is -4.39. The molecule has 2 heterocycles. The van der Waals surface area contributed by atoms with E-state index in [4.69, 9.17) is 4.42 Å². The van der Waals surface area contributed by atoms with Crippen LogP contribution in [0.3, 0.4) is 0 Å². The second kappa shape index (κ2) is 9.46. The van der Waals surface area contributed by atoms with Crippen LogP contribution in [-0.2, 0) is 0 Å². The lowest BCUT2D eigenvalue weighted by Gasteiger charge is -2.21. The molecular weight excluding hydrogens is 438 g/mol. The average Bonchev–Trinajstić information content (AvgIpc) is 3.52. The summed E-state index contributed by atoms with van der Waals surface area (Å²) in [5.74, 6) is 0.368. The van der Waals surface area contributed by atoms with Crippen molar-refractivity contribution in [3.8, 4) is 22.7 Å². The number of anilines is 2. The zero-order valence-electron chi connectivity index (χ0n) is 20.0. The molecule has 0 atom stereocenters. The highest BCUT2D eigenvalue weighted by atomic mass is 16.3. The van der Waals surface area contributed by atoms with Crippen molar-refractivity contribution < 1.29 is 9.21 Å². The van der Waals surface area contributed by atoms with Crippen molar-refractivity contribution in [1.29, 1.82) is 0 Å². The van der Waals surface area contributed by atoms with Crippen LogP contribution in [0.25, 0.3) is 33.8 Å². The molecule has 0 fully saturated rings. The molecule has 0 aliphatic heterocycles. The third-order valence-corrected chi connectivity index (χ3v) is 6.10. The molecule has 0 radical (unpaired) electrons. The van der Waals surface area contributed by atoms with Crippen LogP contribution in [0.15, 0.2) is 77.3 Å². The number of aromatic nitrogens is 3. The first-order valence-electron chi connectivity index (χ1n) is 11.7. The minimum atomic E-state index is -0.146. The molecule has 2 N–H and O–H groups in total. The highest BCUT2D eigenvalue weighted by Crippen LogP contribution is 2.32. The van der Waals surface area contributed by atoms with Crippen molar-refractivity contribution in [2.75, 3.05) is 23.3 Å². The molecule has 0 saturated heterocycles. The molecule has 7 nitrogen and oxygen atoms in total. The van der Waals surface area contributed by atoms with E-state index in [-0.39, 0.29) is 5.91 Å². The van der Waals surface area contributed by atoms with E-state index in [1.54, 1.807) is 6.20 Å². The number of oxazole rings is 1. The summed E-state index contributed by atoms with van der Waals surface area (Å²) in [6.45, 7) is 8.12. The number of aryl methyl sites for hydroxylation is 1. The summed E-state index contributed by atoms with van der Waals surface area (Å²) in [7, 11) is 0. The van der Waals surface area contributed by atoms with Gasteiger partial charge in [0.25, 0.3) is 5.91 Å². The van der Waals surface area contributed by atoms with E-state index in [9.17, 15) is 4.79 Å². The van der Waals surface area contributed by atoms with Gasteiger partial charge in [-0.3, -0.25) is 9.89 Å². The molecular formula is C28H27N5O2. The van der Waals surface area contributed by atoms with E-state index in [0.29, 0.717) is 17.1 Å². The van der Waals surface area contributed by atoms with Crippen LogP contribution >= 0.6 is 0 Å². The Kier molecular flexibility index (Phi) is 6.06. The van der Waals surface area contributed by atoms with Gasteiger partial charge in [0.1, 0.15) is 5.52 Å². The van der Waals surface area contributed by atoms with Gasteiger partial charge < -0.3 is 14.6 Å². The van der Waals surface area contributed by atoms with Crippen LogP contribution in [0.4, 0.5) is 11.4 Å². The lowest BCUT2D eigenvalue weighted by atomic mass is 10.1. The van der Waals surface area contributed by atoms with Crippen LogP contribution in [-0.4, -0.2) is 34.2 Å². The van der Waals surface area contributed by atoms with Gasteiger partial charge in [0, 0.05) is 35.6 Å². The van der Waals surface area contributed by atoms with Crippen LogP contribution in [0.1, 0.15) is 29.8 Å². The summed E-state index contributed by atoms with van der Waals surface area (Å²) in [6, 6.07) is 21.2. The van der Waals surface area contributed by atoms with Crippen molar-refractivity contribution in [3.63, 3.8) is 0 Å². The fourth-order valence-electron chi connectivity index (χ4n) is 4.16. The number of carbonyl (C=O) groups is 1. The lowest BCUT2D eigenvalue weighted by molar-refractivity contribution is 0.102. The zero-order chi connectivity index (χ0) is 24.4. The van der Waals surface area contributed by atoms with Crippen molar-refractivity contribution >= 4 is 28.4 Å². The van der Waals surface area contributed by atoms with Gasteiger partial charge in [-0.2, -0.15) is 5.10 Å². The molecule has 3 aromatic carbocycles. The fraction of sp³-hybridized carbons (Fsp3) is 0.179. The first-order valence-corrected chi connectivity index (χ1v) is 11.7. The van der Waals surface area contributed by atoms with E-state index in [0.717, 1.165) is 52.3 Å². The smallest absolute Gasteiger partial charge is 0.255 e. The van der Waals surface area contributed by atoms with E-state index in [1.165, 1.54) is 0 Å². The number of benzene rings is 3. The maximum absolute atomic E-state index is 12.7. The summed E-state index contributed by atoms with van der Waals surface area (Å²) in [5, 5.41) is 10.2. The summed E-state index contributed by atoms with van der Waals surface area (Å²) >= 11 is 0. The minimum Gasteiger partial charge on any atom is -0.436 e. The molecule has 1 amide bonds. The monoisotopic (exact) mass is 465 g/mol. The van der Waals surface area contributed by atoms with Crippen LogP contribution in [0, 0.1) is 6.92 Å². The number of rotatable bonds is 7. The molecule has 0 bridgehead atoms. The minimum absolute atomic E-state index is 0.146. The molecule has 0 unspecified atom stereocenters. The molecule has 0 spiro atoms. The summed E-state index contributed by atoms with van der Waals surface area (Å²) in [6.07, 6.45) is 1.71. The molecule has 0 saturated carbocycles. The quantitative estimate of drug-likeness (QED) is 0.295. The SMILES string of the molecule is CCN(CC)c1ccc(C(=O)Nc2ccc(-c3[nH]ncc3-c3nc4cc(C)ccc4o3)cc2)cc1. The molecule has 5 rings (SSSR count). The Balaban J connectivity index is 1.32. The number of carbonyl (C=O) groups excluding carboxylic acids is 1. The van der Waals surface area contributed by atoms with Gasteiger partial charge in [-0.15, -0.1) is 0 Å². The molecule has 5 aromatic rings. The standard InChI is InChI=1S/C28H27N5O2/c1-4-33(5-2)22-13-9-20(10-14-22)27(34)30-21-11-7-19(8-12-21)26-23(17-29-32-26)28-31-24-16-18(3)6-15-25(24)35-28/h6-17H,4-5H2,1-3H3,(H,29,32)(H,30,34). The Bertz CT molecular complexity index is 1460.